The van der Waals surface area contributed by atoms with Gasteiger partial charge in [-0.1, -0.05) is 19.8 Å². The van der Waals surface area contributed by atoms with E-state index in [9.17, 15) is 5.11 Å². The second-order valence-corrected chi connectivity index (χ2v) is 3.79. The Morgan fingerprint density at radius 3 is 2.64 bits per heavy atom. The monoisotopic (exact) mass is 193 g/mol. The minimum Gasteiger partial charge on any atom is -0.506 e. The summed E-state index contributed by atoms with van der Waals surface area (Å²) in [5, 5.41) is 9.37. The van der Waals surface area contributed by atoms with E-state index in [1.165, 1.54) is 24.8 Å². The predicted octanol–water partition coefficient (Wildman–Crippen LogP) is 3.02. The van der Waals surface area contributed by atoms with Crippen molar-refractivity contribution >= 4 is 5.69 Å². The first-order valence-electron chi connectivity index (χ1n) is 5.23. The van der Waals surface area contributed by atoms with Gasteiger partial charge < -0.3 is 10.8 Å². The van der Waals surface area contributed by atoms with Crippen molar-refractivity contribution in [1.82, 2.24) is 0 Å². The van der Waals surface area contributed by atoms with Crippen molar-refractivity contribution in [2.75, 3.05) is 5.73 Å². The summed E-state index contributed by atoms with van der Waals surface area (Å²) in [7, 11) is 0. The lowest BCUT2D eigenvalue weighted by Crippen LogP contribution is -1.94. The van der Waals surface area contributed by atoms with Crippen LogP contribution in [-0.2, 0) is 6.42 Å². The van der Waals surface area contributed by atoms with Gasteiger partial charge in [-0.05, 0) is 43.0 Å². The number of aromatic hydroxyl groups is 1. The van der Waals surface area contributed by atoms with E-state index in [1.807, 2.05) is 13.0 Å². The number of nitrogens with two attached hydrogens (primary N) is 1. The van der Waals surface area contributed by atoms with Crippen LogP contribution in [-0.4, -0.2) is 5.11 Å². The Balaban J connectivity index is 2.72. The third kappa shape index (κ3) is 2.66. The SMILES string of the molecule is CCCCCc1cc(N)c(O)cc1C. The van der Waals surface area contributed by atoms with Crippen LogP contribution in [0.25, 0.3) is 0 Å². The third-order valence-electron chi connectivity index (χ3n) is 2.53. The van der Waals surface area contributed by atoms with E-state index in [2.05, 4.69) is 6.92 Å². The summed E-state index contributed by atoms with van der Waals surface area (Å²) in [6.45, 7) is 4.21. The number of phenols is 1. The number of nitrogen functional groups attached to an aromatic ring is 1. The average Bonchev–Trinajstić information content (AvgIpc) is 2.14. The Morgan fingerprint density at radius 1 is 1.29 bits per heavy atom. The van der Waals surface area contributed by atoms with Crippen LogP contribution in [0.2, 0.25) is 0 Å². The molecule has 0 aliphatic heterocycles. The molecule has 0 heterocycles. The normalized spacial score (nSPS) is 10.4. The van der Waals surface area contributed by atoms with Gasteiger partial charge in [-0.2, -0.15) is 0 Å². The first kappa shape index (κ1) is 10.9. The molecule has 1 aromatic rings. The highest BCUT2D eigenvalue weighted by Gasteiger charge is 2.03. The summed E-state index contributed by atoms with van der Waals surface area (Å²) in [5.41, 5.74) is 8.52. The number of hydrogen-bond acceptors (Lipinski definition) is 2. The van der Waals surface area contributed by atoms with Gasteiger partial charge in [-0.25, -0.2) is 0 Å². The molecule has 0 unspecified atom stereocenters. The quantitative estimate of drug-likeness (QED) is 0.438. The van der Waals surface area contributed by atoms with Gasteiger partial charge in [0.15, 0.2) is 0 Å². The van der Waals surface area contributed by atoms with E-state index in [4.69, 9.17) is 5.73 Å². The zero-order valence-electron chi connectivity index (χ0n) is 9.01. The van der Waals surface area contributed by atoms with Gasteiger partial charge in [0.2, 0.25) is 0 Å². The Morgan fingerprint density at radius 2 is 2.00 bits per heavy atom. The van der Waals surface area contributed by atoms with Gasteiger partial charge in [-0.15, -0.1) is 0 Å². The van der Waals surface area contributed by atoms with Crippen molar-refractivity contribution < 1.29 is 5.11 Å². The molecule has 0 spiro atoms. The van der Waals surface area contributed by atoms with E-state index in [0.717, 1.165) is 12.0 Å². The molecule has 0 saturated carbocycles. The molecule has 2 heteroatoms. The number of benzene rings is 1. The van der Waals surface area contributed by atoms with Crippen molar-refractivity contribution in [3.63, 3.8) is 0 Å². The molecule has 0 aromatic heterocycles. The van der Waals surface area contributed by atoms with E-state index in [1.54, 1.807) is 6.07 Å². The zero-order valence-corrected chi connectivity index (χ0v) is 9.01. The molecule has 0 radical (unpaired) electrons. The molecular weight excluding hydrogens is 174 g/mol. The van der Waals surface area contributed by atoms with Gasteiger partial charge in [0.05, 0.1) is 5.69 Å². The van der Waals surface area contributed by atoms with Crippen molar-refractivity contribution in [3.8, 4) is 5.75 Å². The van der Waals surface area contributed by atoms with Crippen molar-refractivity contribution in [2.24, 2.45) is 0 Å². The molecule has 0 amide bonds. The molecule has 0 atom stereocenters. The van der Waals surface area contributed by atoms with E-state index >= 15 is 0 Å². The van der Waals surface area contributed by atoms with Crippen LogP contribution >= 0.6 is 0 Å². The molecule has 14 heavy (non-hydrogen) atoms. The smallest absolute Gasteiger partial charge is 0.138 e. The van der Waals surface area contributed by atoms with E-state index in [0.29, 0.717) is 5.69 Å². The summed E-state index contributed by atoms with van der Waals surface area (Å²) in [4.78, 5) is 0. The Bertz CT molecular complexity index is 307. The van der Waals surface area contributed by atoms with Crippen LogP contribution in [0.4, 0.5) is 5.69 Å². The number of aryl methyl sites for hydroxylation is 2. The highest BCUT2D eigenvalue weighted by atomic mass is 16.3. The van der Waals surface area contributed by atoms with E-state index < -0.39 is 0 Å². The molecule has 0 fully saturated rings. The molecule has 1 aromatic carbocycles. The molecule has 1 rings (SSSR count). The predicted molar refractivity (Wildman–Crippen MR) is 60.5 cm³/mol. The largest absolute Gasteiger partial charge is 0.506 e. The topological polar surface area (TPSA) is 46.2 Å². The first-order valence-corrected chi connectivity index (χ1v) is 5.23. The fourth-order valence-corrected chi connectivity index (χ4v) is 1.59. The maximum atomic E-state index is 9.37. The highest BCUT2D eigenvalue weighted by Crippen LogP contribution is 2.25. The summed E-state index contributed by atoms with van der Waals surface area (Å²) in [6.07, 6.45) is 4.73. The highest BCUT2D eigenvalue weighted by molar-refractivity contribution is 5.55. The Hall–Kier alpha value is -1.18. The minimum absolute atomic E-state index is 0.196. The summed E-state index contributed by atoms with van der Waals surface area (Å²) in [6, 6.07) is 3.64. The molecular formula is C12H19NO. The van der Waals surface area contributed by atoms with Crippen LogP contribution in [0, 0.1) is 6.92 Å². The summed E-state index contributed by atoms with van der Waals surface area (Å²) in [5.74, 6) is 0.196. The first-order chi connectivity index (χ1) is 6.65. The second-order valence-electron chi connectivity index (χ2n) is 3.79. The van der Waals surface area contributed by atoms with Gasteiger partial charge >= 0.3 is 0 Å². The number of anilines is 1. The second kappa shape index (κ2) is 4.89. The van der Waals surface area contributed by atoms with Crippen molar-refractivity contribution in [2.45, 2.75) is 39.5 Å². The maximum absolute atomic E-state index is 9.37. The molecule has 0 saturated heterocycles. The maximum Gasteiger partial charge on any atom is 0.138 e. The molecule has 3 N–H and O–H groups in total. The minimum atomic E-state index is 0.196. The number of rotatable bonds is 4. The molecule has 2 nitrogen and oxygen atoms in total. The number of phenolic OH excluding ortho intramolecular Hbond substituents is 1. The van der Waals surface area contributed by atoms with Gasteiger partial charge in [0.1, 0.15) is 5.75 Å². The van der Waals surface area contributed by atoms with Crippen molar-refractivity contribution in [1.29, 1.82) is 0 Å². The summed E-state index contributed by atoms with van der Waals surface area (Å²) >= 11 is 0. The van der Waals surface area contributed by atoms with Crippen LogP contribution in [0.15, 0.2) is 12.1 Å². The molecule has 0 aliphatic rings. The standard InChI is InChI=1S/C12H19NO/c1-3-4-5-6-10-8-11(13)12(14)7-9(10)2/h7-8,14H,3-6,13H2,1-2H3. The van der Waals surface area contributed by atoms with E-state index in [-0.39, 0.29) is 5.75 Å². The van der Waals surface area contributed by atoms with Crippen LogP contribution in [0.5, 0.6) is 5.75 Å². The van der Waals surface area contributed by atoms with Gasteiger partial charge in [0.25, 0.3) is 0 Å². The lowest BCUT2D eigenvalue weighted by Gasteiger charge is -2.08. The van der Waals surface area contributed by atoms with Crippen LogP contribution in [0.3, 0.4) is 0 Å². The average molecular weight is 193 g/mol. The molecule has 0 aliphatic carbocycles. The molecule has 0 bridgehead atoms. The van der Waals surface area contributed by atoms with Crippen LogP contribution < -0.4 is 5.73 Å². The summed E-state index contributed by atoms with van der Waals surface area (Å²) < 4.78 is 0. The third-order valence-corrected chi connectivity index (χ3v) is 2.53. The number of hydrogen-bond donors (Lipinski definition) is 2. The lowest BCUT2D eigenvalue weighted by molar-refractivity contribution is 0.477. The van der Waals surface area contributed by atoms with Crippen molar-refractivity contribution in [3.05, 3.63) is 23.3 Å². The zero-order chi connectivity index (χ0) is 10.6. The molecule has 78 valence electrons. The fraction of sp³-hybridized carbons (Fsp3) is 0.500. The number of unbranched alkanes of at least 4 members (excludes halogenated alkanes) is 2. The lowest BCUT2D eigenvalue weighted by atomic mass is 10.0. The fourth-order valence-electron chi connectivity index (χ4n) is 1.59. The van der Waals surface area contributed by atoms with Crippen LogP contribution in [0.1, 0.15) is 37.3 Å². The van der Waals surface area contributed by atoms with Gasteiger partial charge in [0, 0.05) is 0 Å². The Labute approximate surface area is 85.8 Å². The Kier molecular flexibility index (Phi) is 3.81. The van der Waals surface area contributed by atoms with Gasteiger partial charge in [-0.3, -0.25) is 0 Å².